The smallest absolute Gasteiger partial charge is 0.285 e. The minimum absolute atomic E-state index is 0.109. The number of rotatable bonds is 5. The molecule has 0 aliphatic carbocycles. The van der Waals surface area contributed by atoms with Crippen molar-refractivity contribution in [1.29, 1.82) is 0 Å². The maximum Gasteiger partial charge on any atom is 0.285 e. The molecule has 0 spiro atoms. The Kier molecular flexibility index (Phi) is 5.16. The normalized spacial score (nSPS) is 12.3. The van der Waals surface area contributed by atoms with E-state index in [1.807, 2.05) is 18.2 Å². The van der Waals surface area contributed by atoms with E-state index in [4.69, 9.17) is 11.2 Å². The van der Waals surface area contributed by atoms with Gasteiger partial charge < -0.3 is 9.30 Å². The Labute approximate surface area is 156 Å². The average Bonchev–Trinajstić information content (AvgIpc) is 2.97. The molecule has 0 N–H and O–H groups in total. The fraction of sp³-hybridized carbons (Fsp3) is 0.211. The fourth-order valence-corrected chi connectivity index (χ4v) is 4.85. The SMILES string of the molecule is C#CCn1/c(=N/S(=O)(=O)c2ccc(OC)cc2)sc2cc(CC)ccc21. The Bertz CT molecular complexity index is 1150. The number of sulfonamides is 1. The van der Waals surface area contributed by atoms with Crippen molar-refractivity contribution in [2.45, 2.75) is 24.8 Å². The highest BCUT2D eigenvalue weighted by Crippen LogP contribution is 2.21. The molecule has 2 aromatic carbocycles. The van der Waals surface area contributed by atoms with Crippen molar-refractivity contribution in [3.63, 3.8) is 0 Å². The van der Waals surface area contributed by atoms with Gasteiger partial charge in [-0.3, -0.25) is 0 Å². The van der Waals surface area contributed by atoms with Gasteiger partial charge in [0.1, 0.15) is 5.75 Å². The van der Waals surface area contributed by atoms with Crippen LogP contribution in [-0.4, -0.2) is 20.1 Å². The molecule has 3 aromatic rings. The highest BCUT2D eigenvalue weighted by atomic mass is 32.2. The van der Waals surface area contributed by atoms with Crippen LogP contribution in [0.25, 0.3) is 10.2 Å². The van der Waals surface area contributed by atoms with E-state index < -0.39 is 10.0 Å². The molecule has 0 aliphatic heterocycles. The van der Waals surface area contributed by atoms with Gasteiger partial charge in [0.2, 0.25) is 4.80 Å². The number of terminal acetylenes is 1. The zero-order valence-corrected chi connectivity index (χ0v) is 16.1. The van der Waals surface area contributed by atoms with Crippen LogP contribution in [0.15, 0.2) is 51.8 Å². The lowest BCUT2D eigenvalue weighted by atomic mass is 10.2. The minimum atomic E-state index is -3.85. The second kappa shape index (κ2) is 7.36. The Balaban J connectivity index is 2.18. The number of aryl methyl sites for hydroxylation is 1. The summed E-state index contributed by atoms with van der Waals surface area (Å²) in [6.07, 6.45) is 6.37. The quantitative estimate of drug-likeness (QED) is 0.633. The summed E-state index contributed by atoms with van der Waals surface area (Å²) in [6.45, 7) is 2.33. The first-order valence-corrected chi connectivity index (χ1v) is 10.2. The summed E-state index contributed by atoms with van der Waals surface area (Å²) < 4.78 is 37.2. The summed E-state index contributed by atoms with van der Waals surface area (Å²) in [5, 5.41) is 0. The molecule has 0 fully saturated rings. The highest BCUT2D eigenvalue weighted by molar-refractivity contribution is 7.90. The molecule has 0 saturated carbocycles. The number of benzene rings is 2. The number of hydrogen-bond donors (Lipinski definition) is 0. The summed E-state index contributed by atoms with van der Waals surface area (Å²) in [7, 11) is -2.33. The van der Waals surface area contributed by atoms with Crippen molar-refractivity contribution in [1.82, 2.24) is 4.57 Å². The largest absolute Gasteiger partial charge is 0.497 e. The van der Waals surface area contributed by atoms with Gasteiger partial charge in [0.25, 0.3) is 10.0 Å². The van der Waals surface area contributed by atoms with Gasteiger partial charge in [0.15, 0.2) is 0 Å². The number of fused-ring (bicyclic) bond motifs is 1. The van der Waals surface area contributed by atoms with Gasteiger partial charge in [-0.1, -0.05) is 30.2 Å². The molecule has 5 nitrogen and oxygen atoms in total. The summed E-state index contributed by atoms with van der Waals surface area (Å²) in [6, 6.07) is 12.2. The van der Waals surface area contributed by atoms with Gasteiger partial charge in [0.05, 0.1) is 28.8 Å². The topological polar surface area (TPSA) is 60.7 Å². The van der Waals surface area contributed by atoms with Gasteiger partial charge in [-0.15, -0.1) is 10.8 Å². The van der Waals surface area contributed by atoms with Crippen LogP contribution in [-0.2, 0) is 23.0 Å². The van der Waals surface area contributed by atoms with Gasteiger partial charge >= 0.3 is 0 Å². The van der Waals surface area contributed by atoms with Crippen LogP contribution in [0.3, 0.4) is 0 Å². The third-order valence-electron chi connectivity index (χ3n) is 3.96. The van der Waals surface area contributed by atoms with Crippen LogP contribution in [0.4, 0.5) is 0 Å². The van der Waals surface area contributed by atoms with Gasteiger partial charge in [-0.05, 0) is 48.4 Å². The Morgan fingerprint density at radius 2 is 1.96 bits per heavy atom. The molecule has 134 valence electrons. The third kappa shape index (κ3) is 3.52. The summed E-state index contributed by atoms with van der Waals surface area (Å²) in [5.74, 6) is 3.15. The summed E-state index contributed by atoms with van der Waals surface area (Å²) >= 11 is 1.32. The van der Waals surface area contributed by atoms with Crippen molar-refractivity contribution in [2.75, 3.05) is 7.11 Å². The molecule has 1 heterocycles. The van der Waals surface area contributed by atoms with E-state index in [1.165, 1.54) is 36.1 Å². The number of aromatic nitrogens is 1. The molecule has 0 saturated heterocycles. The summed E-state index contributed by atoms with van der Waals surface area (Å²) in [5.41, 5.74) is 2.06. The molecule has 0 radical (unpaired) electrons. The standard InChI is InChI=1S/C19H18N2O3S2/c1-4-12-21-17-11-6-14(5-2)13-18(17)25-19(21)20-26(22,23)16-9-7-15(24-3)8-10-16/h1,6-11,13H,5,12H2,2-3H3/b20-19-. The van der Waals surface area contributed by atoms with E-state index in [9.17, 15) is 8.42 Å². The third-order valence-corrected chi connectivity index (χ3v) is 6.40. The monoisotopic (exact) mass is 386 g/mol. The molecule has 0 aliphatic rings. The first-order valence-electron chi connectivity index (χ1n) is 7.99. The average molecular weight is 386 g/mol. The molecule has 0 bridgehead atoms. The number of thiazole rings is 1. The van der Waals surface area contributed by atoms with Crippen LogP contribution < -0.4 is 9.54 Å². The second-order valence-corrected chi connectivity index (χ2v) is 8.19. The molecule has 1 aromatic heterocycles. The van der Waals surface area contributed by atoms with Crippen LogP contribution in [0.2, 0.25) is 0 Å². The maximum absolute atomic E-state index is 12.7. The molecular formula is C19H18N2O3S2. The number of nitrogens with zero attached hydrogens (tertiary/aromatic N) is 2. The van der Waals surface area contributed by atoms with E-state index in [-0.39, 0.29) is 11.4 Å². The molecule has 3 rings (SSSR count). The number of ether oxygens (including phenoxy) is 1. The van der Waals surface area contributed by atoms with Crippen molar-refractivity contribution >= 4 is 31.6 Å². The van der Waals surface area contributed by atoms with Crippen LogP contribution in [0.1, 0.15) is 12.5 Å². The molecule has 7 heteroatoms. The molecular weight excluding hydrogens is 368 g/mol. The van der Waals surface area contributed by atoms with Crippen molar-refractivity contribution < 1.29 is 13.2 Å². The lowest BCUT2D eigenvalue weighted by Crippen LogP contribution is -2.16. The first-order chi connectivity index (χ1) is 12.5. The first kappa shape index (κ1) is 18.2. The van der Waals surface area contributed by atoms with E-state index in [1.54, 1.807) is 16.7 Å². The Morgan fingerprint density at radius 3 is 2.58 bits per heavy atom. The van der Waals surface area contributed by atoms with E-state index in [0.717, 1.165) is 16.6 Å². The molecule has 0 atom stereocenters. The van der Waals surface area contributed by atoms with Crippen LogP contribution in [0.5, 0.6) is 5.75 Å². The zero-order chi connectivity index (χ0) is 18.7. The van der Waals surface area contributed by atoms with E-state index in [2.05, 4.69) is 17.2 Å². The predicted octanol–water partition coefficient (Wildman–Crippen LogP) is 3.20. The zero-order valence-electron chi connectivity index (χ0n) is 14.5. The highest BCUT2D eigenvalue weighted by Gasteiger charge is 2.15. The van der Waals surface area contributed by atoms with Gasteiger partial charge in [-0.2, -0.15) is 8.42 Å². The van der Waals surface area contributed by atoms with Crippen LogP contribution >= 0.6 is 11.3 Å². The maximum atomic E-state index is 12.7. The van der Waals surface area contributed by atoms with E-state index >= 15 is 0 Å². The summed E-state index contributed by atoms with van der Waals surface area (Å²) in [4.78, 5) is 0.472. The number of hydrogen-bond acceptors (Lipinski definition) is 4. The Morgan fingerprint density at radius 1 is 1.23 bits per heavy atom. The molecule has 0 unspecified atom stereocenters. The van der Waals surface area contributed by atoms with Crippen molar-refractivity contribution in [3.8, 4) is 18.1 Å². The Hall–Kier alpha value is -2.56. The molecule has 0 amide bonds. The van der Waals surface area contributed by atoms with Crippen LogP contribution in [0, 0.1) is 12.3 Å². The second-order valence-electron chi connectivity index (χ2n) is 5.57. The van der Waals surface area contributed by atoms with Gasteiger partial charge in [-0.25, -0.2) is 0 Å². The van der Waals surface area contributed by atoms with Gasteiger partial charge in [0, 0.05) is 0 Å². The van der Waals surface area contributed by atoms with Crippen molar-refractivity contribution in [2.24, 2.45) is 4.40 Å². The van der Waals surface area contributed by atoms with E-state index in [0.29, 0.717) is 10.6 Å². The lowest BCUT2D eigenvalue weighted by Gasteiger charge is -2.03. The molecule has 26 heavy (non-hydrogen) atoms. The minimum Gasteiger partial charge on any atom is -0.497 e. The van der Waals surface area contributed by atoms with Crippen molar-refractivity contribution in [3.05, 3.63) is 52.8 Å². The fourth-order valence-electron chi connectivity index (χ4n) is 2.55. The number of methoxy groups -OCH3 is 1. The predicted molar refractivity (Wildman–Crippen MR) is 104 cm³/mol. The lowest BCUT2D eigenvalue weighted by molar-refractivity contribution is 0.414.